The van der Waals surface area contributed by atoms with E-state index in [9.17, 15) is 14.4 Å². The third-order valence-corrected chi connectivity index (χ3v) is 11.5. The molecule has 0 amide bonds. The Morgan fingerprint density at radius 3 is 0.953 bits per heavy atom. The molecule has 1 atom stereocenters. The second-order valence-corrected chi connectivity index (χ2v) is 17.8. The van der Waals surface area contributed by atoms with Crippen molar-refractivity contribution >= 4 is 17.9 Å². The number of esters is 3. The minimum Gasteiger partial charge on any atom is -0.462 e. The van der Waals surface area contributed by atoms with Gasteiger partial charge < -0.3 is 14.2 Å². The maximum atomic E-state index is 12.8. The van der Waals surface area contributed by atoms with Crippen molar-refractivity contribution in [1.29, 1.82) is 0 Å². The Morgan fingerprint density at radius 2 is 0.609 bits per heavy atom. The third-order valence-electron chi connectivity index (χ3n) is 11.5. The molecule has 1 unspecified atom stereocenters. The fraction of sp³-hybridized carbons (Fsp3) is 0.741. The number of carbonyl (C=O) groups is 3. The smallest absolute Gasteiger partial charge is 0.306 e. The van der Waals surface area contributed by atoms with Gasteiger partial charge >= 0.3 is 17.9 Å². The van der Waals surface area contributed by atoms with Gasteiger partial charge in [-0.2, -0.15) is 0 Å². The molecule has 0 saturated carbocycles. The molecule has 0 radical (unpaired) electrons. The fourth-order valence-corrected chi connectivity index (χ4v) is 7.45. The maximum absolute atomic E-state index is 12.8. The van der Waals surface area contributed by atoms with Crippen LogP contribution < -0.4 is 0 Å². The summed E-state index contributed by atoms with van der Waals surface area (Å²) >= 11 is 0. The zero-order valence-electron chi connectivity index (χ0n) is 42.0. The molecule has 0 N–H and O–H groups in total. The molecule has 0 aliphatic rings. The van der Waals surface area contributed by atoms with E-state index in [-0.39, 0.29) is 31.1 Å². The summed E-state index contributed by atoms with van der Waals surface area (Å²) in [6.45, 7) is 6.49. The monoisotopic (exact) mass is 893 g/mol. The van der Waals surface area contributed by atoms with Crippen LogP contribution in [0.15, 0.2) is 72.9 Å². The number of carbonyl (C=O) groups excluding carboxylic acids is 3. The van der Waals surface area contributed by atoms with Gasteiger partial charge in [0.15, 0.2) is 6.10 Å². The minimum absolute atomic E-state index is 0.0860. The Bertz CT molecular complexity index is 1210. The largest absolute Gasteiger partial charge is 0.462 e. The molecule has 0 bridgehead atoms. The van der Waals surface area contributed by atoms with Crippen LogP contribution in [0.25, 0.3) is 0 Å². The average molecular weight is 893 g/mol. The highest BCUT2D eigenvalue weighted by atomic mass is 16.6. The van der Waals surface area contributed by atoms with Crippen molar-refractivity contribution < 1.29 is 28.6 Å². The molecule has 0 saturated heterocycles. The van der Waals surface area contributed by atoms with Crippen molar-refractivity contribution in [2.45, 2.75) is 264 Å². The molecule has 0 rings (SSSR count). The quantitative estimate of drug-likeness (QED) is 0.0262. The van der Waals surface area contributed by atoms with Crippen LogP contribution in [0.1, 0.15) is 258 Å². The number of allylic oxidation sites excluding steroid dienone is 12. The molecular formula is C58H100O6. The van der Waals surface area contributed by atoms with Crippen LogP contribution in [0.2, 0.25) is 0 Å². The summed E-state index contributed by atoms with van der Waals surface area (Å²) in [6, 6.07) is 0. The summed E-state index contributed by atoms with van der Waals surface area (Å²) < 4.78 is 16.8. The Balaban J connectivity index is 4.41. The van der Waals surface area contributed by atoms with Gasteiger partial charge in [-0.3, -0.25) is 14.4 Å². The van der Waals surface area contributed by atoms with Crippen molar-refractivity contribution in [3.05, 3.63) is 72.9 Å². The first-order valence-electron chi connectivity index (χ1n) is 26.9. The van der Waals surface area contributed by atoms with E-state index < -0.39 is 6.10 Å². The van der Waals surface area contributed by atoms with Crippen molar-refractivity contribution in [2.75, 3.05) is 13.2 Å². The lowest BCUT2D eigenvalue weighted by Gasteiger charge is -2.18. The predicted molar refractivity (Wildman–Crippen MR) is 274 cm³/mol. The highest BCUT2D eigenvalue weighted by Crippen LogP contribution is 2.15. The Kier molecular flexibility index (Phi) is 49.9. The summed E-state index contributed by atoms with van der Waals surface area (Å²) in [5, 5.41) is 0. The molecular weight excluding hydrogens is 793 g/mol. The van der Waals surface area contributed by atoms with Gasteiger partial charge in [0.25, 0.3) is 0 Å². The molecule has 0 aliphatic carbocycles. The van der Waals surface area contributed by atoms with Crippen LogP contribution in [0, 0.1) is 0 Å². The Morgan fingerprint density at radius 1 is 0.328 bits per heavy atom. The highest BCUT2D eigenvalue weighted by molar-refractivity contribution is 5.71. The molecule has 6 nitrogen and oxygen atoms in total. The van der Waals surface area contributed by atoms with Crippen molar-refractivity contribution in [2.24, 2.45) is 0 Å². The molecule has 64 heavy (non-hydrogen) atoms. The molecule has 6 heteroatoms. The van der Waals surface area contributed by atoms with Crippen LogP contribution in [0.5, 0.6) is 0 Å². The van der Waals surface area contributed by atoms with Crippen molar-refractivity contribution in [1.82, 2.24) is 0 Å². The second-order valence-electron chi connectivity index (χ2n) is 17.8. The summed E-state index contributed by atoms with van der Waals surface area (Å²) in [5.41, 5.74) is 0. The van der Waals surface area contributed by atoms with Gasteiger partial charge in [-0.15, -0.1) is 0 Å². The lowest BCUT2D eigenvalue weighted by Crippen LogP contribution is -2.30. The molecule has 0 aromatic rings. The Labute approximate surface area is 395 Å². The maximum Gasteiger partial charge on any atom is 0.306 e. The van der Waals surface area contributed by atoms with Crippen molar-refractivity contribution in [3.8, 4) is 0 Å². The second kappa shape index (κ2) is 52.5. The van der Waals surface area contributed by atoms with E-state index in [1.807, 2.05) is 0 Å². The van der Waals surface area contributed by atoms with Crippen LogP contribution in [0.3, 0.4) is 0 Å². The van der Waals surface area contributed by atoms with E-state index >= 15 is 0 Å². The van der Waals surface area contributed by atoms with E-state index in [2.05, 4.69) is 93.7 Å². The first kappa shape index (κ1) is 60.9. The average Bonchev–Trinajstić information content (AvgIpc) is 3.29. The molecule has 0 spiro atoms. The number of rotatable bonds is 48. The summed E-state index contributed by atoms with van der Waals surface area (Å²) in [7, 11) is 0. The highest BCUT2D eigenvalue weighted by Gasteiger charge is 2.19. The molecule has 0 aromatic carbocycles. The molecule has 368 valence electrons. The third kappa shape index (κ3) is 49.9. The van der Waals surface area contributed by atoms with Gasteiger partial charge in [-0.25, -0.2) is 0 Å². The Hall–Kier alpha value is -3.15. The lowest BCUT2D eigenvalue weighted by atomic mass is 10.0. The van der Waals surface area contributed by atoms with E-state index in [1.54, 1.807) is 0 Å². The summed E-state index contributed by atoms with van der Waals surface area (Å²) in [6.07, 6.45) is 66.0. The normalized spacial score (nSPS) is 12.6. The van der Waals surface area contributed by atoms with Gasteiger partial charge in [0.2, 0.25) is 0 Å². The standard InChI is InChI=1S/C58H100O6/c1-4-7-10-13-16-19-22-24-26-27-28-29-30-31-32-34-36-39-42-45-48-51-57(60)63-54-55(53-62-56(59)50-47-44-41-38-35-21-18-15-12-9-6-3)64-58(61)52-49-46-43-40-37-33-25-23-20-17-14-11-8-5-2/h7,10,16,19,24,26,28-29,31-32,36,39,55H,4-6,8-9,11-15,17-18,20-23,25,27,30,33-35,37-38,40-54H2,1-3H3/b10-7-,19-16-,26-24-,29-28-,32-31-,39-36-. The van der Waals surface area contributed by atoms with Gasteiger partial charge in [-0.1, -0.05) is 241 Å². The van der Waals surface area contributed by atoms with Crippen LogP contribution in [0.4, 0.5) is 0 Å². The number of hydrogen-bond acceptors (Lipinski definition) is 6. The molecule has 0 aliphatic heterocycles. The van der Waals surface area contributed by atoms with Gasteiger partial charge in [0, 0.05) is 19.3 Å². The van der Waals surface area contributed by atoms with Crippen molar-refractivity contribution in [3.63, 3.8) is 0 Å². The van der Waals surface area contributed by atoms with E-state index in [0.717, 1.165) is 96.3 Å². The van der Waals surface area contributed by atoms with E-state index in [4.69, 9.17) is 14.2 Å². The van der Waals surface area contributed by atoms with Gasteiger partial charge in [0.1, 0.15) is 13.2 Å². The first-order valence-corrected chi connectivity index (χ1v) is 26.9. The number of hydrogen-bond donors (Lipinski definition) is 0. The van der Waals surface area contributed by atoms with Crippen LogP contribution in [-0.4, -0.2) is 37.2 Å². The summed E-state index contributed by atoms with van der Waals surface area (Å²) in [4.78, 5) is 38.0. The number of ether oxygens (including phenoxy) is 3. The lowest BCUT2D eigenvalue weighted by molar-refractivity contribution is -0.167. The minimum atomic E-state index is -0.789. The van der Waals surface area contributed by atoms with E-state index in [0.29, 0.717) is 19.3 Å². The topological polar surface area (TPSA) is 78.9 Å². The molecule has 0 fully saturated rings. The van der Waals surface area contributed by atoms with E-state index in [1.165, 1.54) is 122 Å². The SMILES string of the molecule is CC/C=C\C/C=C\C/C=C\C/C=C\C/C=C\C/C=C\CCCCC(=O)OCC(COC(=O)CCCCCCCCCCCCC)OC(=O)CCCCCCCCCCCCCCCC. The van der Waals surface area contributed by atoms with Gasteiger partial charge in [-0.05, 0) is 70.6 Å². The van der Waals surface area contributed by atoms with Gasteiger partial charge in [0.05, 0.1) is 0 Å². The zero-order chi connectivity index (χ0) is 46.5. The molecule has 0 aromatic heterocycles. The fourth-order valence-electron chi connectivity index (χ4n) is 7.45. The molecule has 0 heterocycles. The first-order chi connectivity index (χ1) is 31.5. The summed E-state index contributed by atoms with van der Waals surface area (Å²) in [5.74, 6) is -0.925. The predicted octanol–water partition coefficient (Wildman–Crippen LogP) is 17.8. The zero-order valence-corrected chi connectivity index (χ0v) is 42.0. The van der Waals surface area contributed by atoms with Crippen LogP contribution >= 0.6 is 0 Å². The number of unbranched alkanes of at least 4 members (excludes halogenated alkanes) is 25. The van der Waals surface area contributed by atoms with Crippen LogP contribution in [-0.2, 0) is 28.6 Å².